The zero-order valence-electron chi connectivity index (χ0n) is 12.0. The molecule has 0 saturated heterocycles. The van der Waals surface area contributed by atoms with E-state index in [1.807, 2.05) is 0 Å². The molecule has 0 bridgehead atoms. The smallest absolute Gasteiger partial charge is 0.110 e. The van der Waals surface area contributed by atoms with Crippen molar-refractivity contribution in [3.8, 4) is 0 Å². The van der Waals surface area contributed by atoms with Crippen molar-refractivity contribution in [3.05, 3.63) is 0 Å². The lowest BCUT2D eigenvalue weighted by Gasteiger charge is -2.44. The van der Waals surface area contributed by atoms with Crippen LogP contribution in [-0.2, 0) is 9.47 Å². The lowest BCUT2D eigenvalue weighted by Crippen LogP contribution is -2.55. The van der Waals surface area contributed by atoms with Gasteiger partial charge in [-0.05, 0) is 37.5 Å². The zero-order chi connectivity index (χ0) is 13.1. The maximum Gasteiger partial charge on any atom is 0.110 e. The van der Waals surface area contributed by atoms with Crippen LogP contribution in [0.3, 0.4) is 0 Å². The zero-order valence-corrected chi connectivity index (χ0v) is 12.0. The quantitative estimate of drug-likeness (QED) is 0.822. The Hall–Kier alpha value is -0.120. The van der Waals surface area contributed by atoms with Crippen LogP contribution in [0.15, 0.2) is 0 Å². The highest BCUT2D eigenvalue weighted by molar-refractivity contribution is 4.93. The van der Waals surface area contributed by atoms with Gasteiger partial charge in [-0.2, -0.15) is 0 Å². The van der Waals surface area contributed by atoms with E-state index in [-0.39, 0.29) is 18.3 Å². The molecule has 0 spiro atoms. The summed E-state index contributed by atoms with van der Waals surface area (Å²) in [5, 5.41) is 9.72. The predicted octanol–water partition coefficient (Wildman–Crippen LogP) is 2.76. The Morgan fingerprint density at radius 1 is 1.11 bits per heavy atom. The number of aliphatic hydroxyl groups is 1. The molecule has 6 atom stereocenters. The third kappa shape index (κ3) is 3.25. The summed E-state index contributed by atoms with van der Waals surface area (Å²) in [6.07, 6.45) is 5.43. The summed E-state index contributed by atoms with van der Waals surface area (Å²) in [4.78, 5) is 0. The molecule has 1 N–H and O–H groups in total. The van der Waals surface area contributed by atoms with Crippen LogP contribution in [0.4, 0.5) is 0 Å². The van der Waals surface area contributed by atoms with E-state index in [1.165, 1.54) is 12.8 Å². The highest BCUT2D eigenvalue weighted by Crippen LogP contribution is 2.35. The molecule has 2 fully saturated rings. The van der Waals surface area contributed by atoms with Gasteiger partial charge in [0.2, 0.25) is 0 Å². The molecule has 2 saturated carbocycles. The summed E-state index contributed by atoms with van der Waals surface area (Å²) >= 11 is 0. The molecular weight excluding hydrogens is 228 g/mol. The van der Waals surface area contributed by atoms with Crippen LogP contribution >= 0.6 is 0 Å². The maximum atomic E-state index is 9.72. The van der Waals surface area contributed by atoms with E-state index in [9.17, 15) is 5.11 Å². The highest BCUT2D eigenvalue weighted by atomic mass is 16.6. The molecule has 3 nitrogen and oxygen atoms in total. The van der Waals surface area contributed by atoms with Crippen molar-refractivity contribution in [2.75, 3.05) is 6.61 Å². The minimum Gasteiger partial charge on any atom is -0.390 e. The van der Waals surface area contributed by atoms with Crippen LogP contribution in [0.2, 0.25) is 0 Å². The molecule has 0 radical (unpaired) electrons. The van der Waals surface area contributed by atoms with Crippen LogP contribution in [-0.4, -0.2) is 36.1 Å². The standard InChI is InChI=1S/C15H28O3/c1-4-7-17-15-13(16)9-14(15)18-12-6-5-10(2)11(3)8-12/h10-16H,4-9H2,1-3H3. The molecule has 2 aliphatic rings. The molecule has 0 aromatic carbocycles. The summed E-state index contributed by atoms with van der Waals surface area (Å²) in [6, 6.07) is 0. The molecule has 106 valence electrons. The molecule has 18 heavy (non-hydrogen) atoms. The first kappa shape index (κ1) is 14.3. The van der Waals surface area contributed by atoms with Gasteiger partial charge in [-0.15, -0.1) is 0 Å². The van der Waals surface area contributed by atoms with E-state index >= 15 is 0 Å². The Bertz CT molecular complexity index is 256. The van der Waals surface area contributed by atoms with Gasteiger partial charge in [0.25, 0.3) is 0 Å². The number of ether oxygens (including phenoxy) is 2. The van der Waals surface area contributed by atoms with E-state index in [2.05, 4.69) is 20.8 Å². The second-order valence-corrected chi connectivity index (χ2v) is 6.20. The molecule has 6 unspecified atom stereocenters. The van der Waals surface area contributed by atoms with Gasteiger partial charge in [0, 0.05) is 13.0 Å². The summed E-state index contributed by atoms with van der Waals surface area (Å²) in [5.41, 5.74) is 0. The van der Waals surface area contributed by atoms with E-state index in [4.69, 9.17) is 9.47 Å². The maximum absolute atomic E-state index is 9.72. The fourth-order valence-electron chi connectivity index (χ4n) is 3.03. The number of aliphatic hydroxyl groups excluding tert-OH is 1. The third-order valence-electron chi connectivity index (χ3n) is 4.65. The lowest BCUT2D eigenvalue weighted by atomic mass is 9.79. The molecule has 0 aliphatic heterocycles. The monoisotopic (exact) mass is 256 g/mol. The minimum atomic E-state index is -0.318. The SMILES string of the molecule is CCCOC1C(O)CC1OC1CCC(C)C(C)C1. The predicted molar refractivity (Wildman–Crippen MR) is 71.5 cm³/mol. The molecule has 3 heteroatoms. The first-order chi connectivity index (χ1) is 8.61. The van der Waals surface area contributed by atoms with Gasteiger partial charge < -0.3 is 14.6 Å². The molecule has 2 aliphatic carbocycles. The van der Waals surface area contributed by atoms with Crippen molar-refractivity contribution in [1.82, 2.24) is 0 Å². The Labute approximate surface area is 111 Å². The van der Waals surface area contributed by atoms with Gasteiger partial charge in [-0.1, -0.05) is 20.8 Å². The van der Waals surface area contributed by atoms with Crippen LogP contribution in [0.1, 0.15) is 52.9 Å². The van der Waals surface area contributed by atoms with Gasteiger partial charge >= 0.3 is 0 Å². The van der Waals surface area contributed by atoms with Crippen LogP contribution < -0.4 is 0 Å². The Morgan fingerprint density at radius 3 is 2.50 bits per heavy atom. The average molecular weight is 256 g/mol. The van der Waals surface area contributed by atoms with E-state index in [0.717, 1.165) is 37.7 Å². The summed E-state index contributed by atoms with van der Waals surface area (Å²) in [7, 11) is 0. The molecule has 0 aromatic heterocycles. The van der Waals surface area contributed by atoms with Gasteiger partial charge in [-0.25, -0.2) is 0 Å². The lowest BCUT2D eigenvalue weighted by molar-refractivity contribution is -0.213. The Kier molecular flexibility index (Phi) is 5.05. The van der Waals surface area contributed by atoms with Gasteiger partial charge in [-0.3, -0.25) is 0 Å². The van der Waals surface area contributed by atoms with E-state index < -0.39 is 0 Å². The van der Waals surface area contributed by atoms with Gasteiger partial charge in [0.05, 0.1) is 18.3 Å². The van der Waals surface area contributed by atoms with Gasteiger partial charge in [0.1, 0.15) is 6.10 Å². The topological polar surface area (TPSA) is 38.7 Å². The fraction of sp³-hybridized carbons (Fsp3) is 1.00. The number of hydrogen-bond acceptors (Lipinski definition) is 3. The number of hydrogen-bond donors (Lipinski definition) is 1. The van der Waals surface area contributed by atoms with E-state index in [1.54, 1.807) is 0 Å². The van der Waals surface area contributed by atoms with Crippen molar-refractivity contribution in [1.29, 1.82) is 0 Å². The van der Waals surface area contributed by atoms with Crippen molar-refractivity contribution >= 4 is 0 Å². The van der Waals surface area contributed by atoms with Crippen LogP contribution in [0, 0.1) is 11.8 Å². The second-order valence-electron chi connectivity index (χ2n) is 6.20. The molecule has 0 heterocycles. The first-order valence-electron chi connectivity index (χ1n) is 7.57. The fourth-order valence-corrected chi connectivity index (χ4v) is 3.03. The average Bonchev–Trinajstić information content (AvgIpc) is 2.33. The first-order valence-corrected chi connectivity index (χ1v) is 7.57. The van der Waals surface area contributed by atoms with E-state index in [0.29, 0.717) is 6.10 Å². The molecule has 0 aromatic rings. The van der Waals surface area contributed by atoms with Crippen molar-refractivity contribution < 1.29 is 14.6 Å². The minimum absolute atomic E-state index is 0.0837. The second kappa shape index (κ2) is 6.36. The van der Waals surface area contributed by atoms with Crippen molar-refractivity contribution in [2.45, 2.75) is 77.3 Å². The number of rotatable bonds is 5. The Morgan fingerprint density at radius 2 is 1.89 bits per heavy atom. The molecular formula is C15H28O3. The normalized spacial score (nSPS) is 44.7. The molecule has 0 amide bonds. The van der Waals surface area contributed by atoms with Crippen LogP contribution in [0.25, 0.3) is 0 Å². The summed E-state index contributed by atoms with van der Waals surface area (Å²) in [5.74, 6) is 1.58. The Balaban J connectivity index is 1.76. The third-order valence-corrected chi connectivity index (χ3v) is 4.65. The highest BCUT2D eigenvalue weighted by Gasteiger charge is 2.43. The summed E-state index contributed by atoms with van der Waals surface area (Å²) in [6.45, 7) is 7.47. The summed E-state index contributed by atoms with van der Waals surface area (Å²) < 4.78 is 11.8. The molecule has 2 rings (SSSR count). The van der Waals surface area contributed by atoms with Crippen molar-refractivity contribution in [3.63, 3.8) is 0 Å². The van der Waals surface area contributed by atoms with Crippen molar-refractivity contribution in [2.24, 2.45) is 11.8 Å². The van der Waals surface area contributed by atoms with Crippen LogP contribution in [0.5, 0.6) is 0 Å². The van der Waals surface area contributed by atoms with Gasteiger partial charge in [0.15, 0.2) is 0 Å². The largest absolute Gasteiger partial charge is 0.390 e.